The predicted octanol–water partition coefficient (Wildman–Crippen LogP) is 4.80. The molecule has 0 unspecified atom stereocenters. The van der Waals surface area contributed by atoms with Crippen molar-refractivity contribution in [3.63, 3.8) is 0 Å². The molecular weight excluding hydrogens is 304 g/mol. The summed E-state index contributed by atoms with van der Waals surface area (Å²) < 4.78 is 2.09. The van der Waals surface area contributed by atoms with Crippen molar-refractivity contribution in [3.05, 3.63) is 88.4 Å². The summed E-state index contributed by atoms with van der Waals surface area (Å²) in [6.07, 6.45) is 0. The van der Waals surface area contributed by atoms with E-state index in [-0.39, 0.29) is 5.43 Å². The van der Waals surface area contributed by atoms with Gasteiger partial charge in [-0.25, -0.2) is 0 Å². The number of rotatable bonds is 3. The number of para-hydroxylation sites is 2. The van der Waals surface area contributed by atoms with Gasteiger partial charge in [-0.15, -0.1) is 11.3 Å². The first-order valence-electron chi connectivity index (χ1n) is 7.34. The van der Waals surface area contributed by atoms with Crippen LogP contribution in [0.3, 0.4) is 0 Å². The number of pyridine rings is 1. The Labute approximate surface area is 137 Å². The molecule has 0 saturated heterocycles. The van der Waals surface area contributed by atoms with Crippen LogP contribution >= 0.6 is 11.3 Å². The molecule has 112 valence electrons. The first-order chi connectivity index (χ1) is 11.3. The fourth-order valence-corrected chi connectivity index (χ4v) is 3.57. The smallest absolute Gasteiger partial charge is 0.192 e. The summed E-state index contributed by atoms with van der Waals surface area (Å²) >= 11 is 1.57. The van der Waals surface area contributed by atoms with Crippen LogP contribution in [0, 0.1) is 0 Å². The lowest BCUT2D eigenvalue weighted by molar-refractivity contribution is 1.12. The van der Waals surface area contributed by atoms with E-state index >= 15 is 0 Å². The van der Waals surface area contributed by atoms with Crippen LogP contribution in [-0.4, -0.2) is 4.57 Å². The molecule has 4 heteroatoms. The molecule has 0 amide bonds. The highest BCUT2D eigenvalue weighted by atomic mass is 32.1. The Morgan fingerprint density at radius 3 is 2.30 bits per heavy atom. The van der Waals surface area contributed by atoms with E-state index in [0.717, 1.165) is 27.4 Å². The predicted molar refractivity (Wildman–Crippen MR) is 97.1 cm³/mol. The molecule has 0 fully saturated rings. The summed E-state index contributed by atoms with van der Waals surface area (Å²) in [6.45, 7) is 0. The topological polar surface area (TPSA) is 34.0 Å². The number of fused-ring (bicyclic) bond motifs is 1. The zero-order chi connectivity index (χ0) is 15.6. The molecule has 3 nitrogen and oxygen atoms in total. The lowest BCUT2D eigenvalue weighted by Gasteiger charge is -2.16. The number of hydrogen-bond donors (Lipinski definition) is 1. The highest BCUT2D eigenvalue weighted by molar-refractivity contribution is 7.16. The normalized spacial score (nSPS) is 10.8. The van der Waals surface area contributed by atoms with Gasteiger partial charge in [0.15, 0.2) is 5.43 Å². The summed E-state index contributed by atoms with van der Waals surface area (Å²) in [7, 11) is 0. The molecule has 0 radical (unpaired) electrons. The standard InChI is InChI=1S/C19H14N2OS/c22-17-13-18(20-14-7-3-1-4-8-14)21(15-9-5-2-6-10-15)19-16(17)11-12-23-19/h1-13,20H. The minimum atomic E-state index is 0.0341. The van der Waals surface area contributed by atoms with E-state index < -0.39 is 0 Å². The number of nitrogens with zero attached hydrogens (tertiary/aromatic N) is 1. The molecule has 1 N–H and O–H groups in total. The fourth-order valence-electron chi connectivity index (χ4n) is 2.63. The number of nitrogens with one attached hydrogen (secondary N) is 1. The van der Waals surface area contributed by atoms with Crippen molar-refractivity contribution in [2.24, 2.45) is 0 Å². The molecule has 0 aliphatic carbocycles. The molecule has 0 saturated carbocycles. The quantitative estimate of drug-likeness (QED) is 0.589. The molecule has 4 aromatic rings. The third-order valence-corrected chi connectivity index (χ3v) is 4.58. The van der Waals surface area contributed by atoms with Crippen molar-refractivity contribution < 1.29 is 0 Å². The maximum absolute atomic E-state index is 12.4. The van der Waals surface area contributed by atoms with Crippen molar-refractivity contribution in [1.82, 2.24) is 4.57 Å². The average Bonchev–Trinajstić information content (AvgIpc) is 3.07. The van der Waals surface area contributed by atoms with Gasteiger partial charge in [-0.3, -0.25) is 9.36 Å². The Morgan fingerprint density at radius 2 is 1.57 bits per heavy atom. The Kier molecular flexibility index (Phi) is 3.44. The van der Waals surface area contributed by atoms with Gasteiger partial charge in [-0.05, 0) is 35.7 Å². The molecule has 0 bridgehead atoms. The maximum Gasteiger partial charge on any atom is 0.192 e. The van der Waals surface area contributed by atoms with Gasteiger partial charge in [-0.1, -0.05) is 36.4 Å². The number of anilines is 2. The monoisotopic (exact) mass is 318 g/mol. The summed E-state index contributed by atoms with van der Waals surface area (Å²) in [6, 6.07) is 23.5. The van der Waals surface area contributed by atoms with Crippen LogP contribution in [0.15, 0.2) is 83.0 Å². The Morgan fingerprint density at radius 1 is 0.870 bits per heavy atom. The van der Waals surface area contributed by atoms with E-state index in [1.54, 1.807) is 17.4 Å². The Hall–Kier alpha value is -2.85. The van der Waals surface area contributed by atoms with Gasteiger partial charge in [0, 0.05) is 17.4 Å². The molecule has 0 aliphatic rings. The molecule has 0 aliphatic heterocycles. The summed E-state index contributed by atoms with van der Waals surface area (Å²) in [5, 5.41) is 6.07. The number of benzene rings is 2. The van der Waals surface area contributed by atoms with E-state index in [1.165, 1.54) is 0 Å². The van der Waals surface area contributed by atoms with E-state index in [0.29, 0.717) is 0 Å². The van der Waals surface area contributed by atoms with Crippen molar-refractivity contribution in [2.45, 2.75) is 0 Å². The molecule has 2 heterocycles. The fraction of sp³-hybridized carbons (Fsp3) is 0. The average molecular weight is 318 g/mol. The van der Waals surface area contributed by atoms with Gasteiger partial charge < -0.3 is 5.32 Å². The molecule has 2 aromatic heterocycles. The molecule has 0 spiro atoms. The first kappa shape index (κ1) is 13.8. The van der Waals surface area contributed by atoms with Crippen molar-refractivity contribution in [2.75, 3.05) is 5.32 Å². The number of thiophene rings is 1. The Balaban J connectivity index is 1.97. The van der Waals surface area contributed by atoms with Gasteiger partial charge >= 0.3 is 0 Å². The largest absolute Gasteiger partial charge is 0.341 e. The SMILES string of the molecule is O=c1cc(Nc2ccccc2)n(-c2ccccc2)c2sccc12. The zero-order valence-electron chi connectivity index (χ0n) is 12.3. The summed E-state index contributed by atoms with van der Waals surface area (Å²) in [4.78, 5) is 13.3. The van der Waals surface area contributed by atoms with Crippen molar-refractivity contribution in [1.29, 1.82) is 0 Å². The van der Waals surface area contributed by atoms with Gasteiger partial charge in [-0.2, -0.15) is 0 Å². The van der Waals surface area contributed by atoms with Gasteiger partial charge in [0.05, 0.1) is 5.39 Å². The van der Waals surface area contributed by atoms with Crippen molar-refractivity contribution >= 4 is 33.1 Å². The Bertz CT molecular complexity index is 1000. The van der Waals surface area contributed by atoms with E-state index in [1.807, 2.05) is 72.1 Å². The van der Waals surface area contributed by atoms with E-state index in [2.05, 4.69) is 9.88 Å². The van der Waals surface area contributed by atoms with Crippen LogP contribution in [-0.2, 0) is 0 Å². The van der Waals surface area contributed by atoms with Crippen LogP contribution in [0.4, 0.5) is 11.5 Å². The molecule has 0 atom stereocenters. The van der Waals surface area contributed by atoms with Crippen LogP contribution in [0.25, 0.3) is 15.9 Å². The number of hydrogen-bond acceptors (Lipinski definition) is 3. The number of aromatic nitrogens is 1. The van der Waals surface area contributed by atoms with Crippen LogP contribution in [0.5, 0.6) is 0 Å². The van der Waals surface area contributed by atoms with Gasteiger partial charge in [0.25, 0.3) is 0 Å². The van der Waals surface area contributed by atoms with E-state index in [9.17, 15) is 4.79 Å². The highest BCUT2D eigenvalue weighted by Gasteiger charge is 2.12. The second-order valence-corrected chi connectivity index (χ2v) is 6.09. The lowest BCUT2D eigenvalue weighted by Crippen LogP contribution is -2.10. The molecule has 4 rings (SSSR count). The minimum Gasteiger partial charge on any atom is -0.341 e. The molecule has 23 heavy (non-hydrogen) atoms. The van der Waals surface area contributed by atoms with Crippen LogP contribution in [0.2, 0.25) is 0 Å². The minimum absolute atomic E-state index is 0.0341. The lowest BCUT2D eigenvalue weighted by atomic mass is 10.2. The second kappa shape index (κ2) is 5.74. The summed E-state index contributed by atoms with van der Waals surface area (Å²) in [5.74, 6) is 0.766. The zero-order valence-corrected chi connectivity index (χ0v) is 13.1. The van der Waals surface area contributed by atoms with Crippen molar-refractivity contribution in [3.8, 4) is 5.69 Å². The maximum atomic E-state index is 12.4. The second-order valence-electron chi connectivity index (χ2n) is 5.20. The molecule has 2 aromatic carbocycles. The summed E-state index contributed by atoms with van der Waals surface area (Å²) in [5.41, 5.74) is 2.01. The highest BCUT2D eigenvalue weighted by Crippen LogP contribution is 2.27. The van der Waals surface area contributed by atoms with Crippen LogP contribution < -0.4 is 10.7 Å². The third-order valence-electron chi connectivity index (χ3n) is 3.68. The molecular formula is C19H14N2OS. The van der Waals surface area contributed by atoms with Gasteiger partial charge in [0.1, 0.15) is 10.6 Å². The van der Waals surface area contributed by atoms with E-state index in [4.69, 9.17) is 0 Å². The third kappa shape index (κ3) is 2.53. The first-order valence-corrected chi connectivity index (χ1v) is 8.22. The van der Waals surface area contributed by atoms with Crippen LogP contribution in [0.1, 0.15) is 0 Å². The van der Waals surface area contributed by atoms with Gasteiger partial charge in [0.2, 0.25) is 0 Å².